The maximum atomic E-state index is 13.4. The van der Waals surface area contributed by atoms with Gasteiger partial charge in [-0.2, -0.15) is 0 Å². The molecule has 3 aromatic heterocycles. The van der Waals surface area contributed by atoms with Crippen molar-refractivity contribution in [1.82, 2.24) is 29.2 Å². The van der Waals surface area contributed by atoms with E-state index in [0.29, 0.717) is 48.6 Å². The first-order valence-electron chi connectivity index (χ1n) is 11.4. The van der Waals surface area contributed by atoms with Crippen molar-refractivity contribution in [1.29, 1.82) is 0 Å². The molecule has 1 N–H and O–H groups in total. The Morgan fingerprint density at radius 2 is 2.08 bits per heavy atom. The fourth-order valence-corrected chi connectivity index (χ4v) is 7.05. The molecule has 0 radical (unpaired) electrons. The number of halogens is 2. The molecule has 3 aliphatic rings. The molecule has 3 fully saturated rings. The Morgan fingerprint density at radius 1 is 1.28 bits per heavy atom. The maximum Gasteiger partial charge on any atom is 0.291 e. The van der Waals surface area contributed by atoms with Gasteiger partial charge in [-0.1, -0.05) is 11.3 Å². The van der Waals surface area contributed by atoms with Crippen LogP contribution in [0.1, 0.15) is 31.2 Å². The van der Waals surface area contributed by atoms with E-state index in [2.05, 4.69) is 24.8 Å². The van der Waals surface area contributed by atoms with Crippen molar-refractivity contribution in [3.8, 4) is 10.8 Å². The van der Waals surface area contributed by atoms with Gasteiger partial charge in [0.25, 0.3) is 6.43 Å². The van der Waals surface area contributed by atoms with Crippen molar-refractivity contribution < 1.29 is 26.7 Å². The number of sulfonamides is 1. The summed E-state index contributed by atoms with van der Waals surface area (Å²) in [5.74, 6) is 0.361. The average Bonchev–Trinajstić information content (AvgIpc) is 3.55. The largest absolute Gasteiger partial charge is 0.377 e. The van der Waals surface area contributed by atoms with Gasteiger partial charge in [0.1, 0.15) is 4.90 Å². The molecule has 0 aliphatic carbocycles. The number of rotatable bonds is 6. The molecule has 192 valence electrons. The number of piperazine rings is 1. The molecule has 6 rings (SSSR count). The monoisotopic (exact) mass is 539 g/mol. The van der Waals surface area contributed by atoms with Gasteiger partial charge in [-0.05, 0) is 19.4 Å². The van der Waals surface area contributed by atoms with E-state index in [9.17, 15) is 22.0 Å². The summed E-state index contributed by atoms with van der Waals surface area (Å²) in [6.07, 6.45) is 1.48. The standard InChI is InChI=1S/C21H23F2N7O4S2/c1-21(10-34-11-21)27-36(32,33)13-6-14(28-4-5-29-12(8-28)2-3-16(29)31)15-7-24-18(30(15)9-13)20-26-25-19(35-20)17(22)23/h6-7,9,12,17,27H,2-5,8,10-11H2,1H3. The number of carbonyl (C=O) groups excluding carboxylic acids is 1. The van der Waals surface area contributed by atoms with Crippen molar-refractivity contribution in [2.75, 3.05) is 37.7 Å². The topological polar surface area (TPSA) is 122 Å². The van der Waals surface area contributed by atoms with Gasteiger partial charge < -0.3 is 14.5 Å². The number of hydrogen-bond acceptors (Lipinski definition) is 9. The minimum Gasteiger partial charge on any atom is -0.377 e. The third-order valence-electron chi connectivity index (χ3n) is 6.78. The number of amides is 1. The van der Waals surface area contributed by atoms with Crippen molar-refractivity contribution in [3.63, 3.8) is 0 Å². The summed E-state index contributed by atoms with van der Waals surface area (Å²) in [6, 6.07) is 1.65. The normalized spacial score (nSPS) is 21.9. The molecule has 0 saturated carbocycles. The summed E-state index contributed by atoms with van der Waals surface area (Å²) in [5, 5.41) is 7.13. The molecule has 3 saturated heterocycles. The molecular formula is C21H23F2N7O4S2. The van der Waals surface area contributed by atoms with Crippen molar-refractivity contribution in [2.45, 2.75) is 42.7 Å². The smallest absolute Gasteiger partial charge is 0.291 e. The highest BCUT2D eigenvalue weighted by atomic mass is 32.2. The number of alkyl halides is 2. The number of fused-ring (bicyclic) bond motifs is 2. The lowest BCUT2D eigenvalue weighted by molar-refractivity contribution is -0.129. The van der Waals surface area contributed by atoms with E-state index in [1.54, 1.807) is 23.6 Å². The Bertz CT molecular complexity index is 1450. The van der Waals surface area contributed by atoms with Crippen LogP contribution in [0.2, 0.25) is 0 Å². The van der Waals surface area contributed by atoms with Gasteiger partial charge in [0.2, 0.25) is 15.9 Å². The fourth-order valence-electron chi connectivity index (χ4n) is 4.96. The number of nitrogens with one attached hydrogen (secondary N) is 1. The van der Waals surface area contributed by atoms with Crippen LogP contribution in [-0.4, -0.2) is 83.2 Å². The number of ether oxygens (including phenoxy) is 1. The highest BCUT2D eigenvalue weighted by molar-refractivity contribution is 7.89. The Labute approximate surface area is 209 Å². The van der Waals surface area contributed by atoms with E-state index < -0.39 is 27.0 Å². The van der Waals surface area contributed by atoms with Crippen LogP contribution < -0.4 is 9.62 Å². The minimum absolute atomic E-state index is 0.000835. The van der Waals surface area contributed by atoms with Crippen LogP contribution in [0.25, 0.3) is 16.3 Å². The summed E-state index contributed by atoms with van der Waals surface area (Å²) >= 11 is 0.709. The summed E-state index contributed by atoms with van der Waals surface area (Å²) in [4.78, 5) is 20.5. The summed E-state index contributed by atoms with van der Waals surface area (Å²) < 4.78 is 62.6. The lowest BCUT2D eigenvalue weighted by atomic mass is 10.0. The lowest BCUT2D eigenvalue weighted by Gasteiger charge is -2.39. The number of imidazole rings is 1. The first-order chi connectivity index (χ1) is 17.1. The number of nitrogens with zero attached hydrogens (tertiary/aromatic N) is 6. The molecule has 0 spiro atoms. The van der Waals surface area contributed by atoms with Gasteiger partial charge in [-0.25, -0.2) is 26.9 Å². The zero-order valence-electron chi connectivity index (χ0n) is 19.2. The highest BCUT2D eigenvalue weighted by Crippen LogP contribution is 2.35. The van der Waals surface area contributed by atoms with Crippen LogP contribution in [0.15, 0.2) is 23.4 Å². The maximum absolute atomic E-state index is 13.4. The van der Waals surface area contributed by atoms with Crippen LogP contribution in [0.4, 0.5) is 14.5 Å². The molecule has 0 bridgehead atoms. The molecule has 36 heavy (non-hydrogen) atoms. The highest BCUT2D eigenvalue weighted by Gasteiger charge is 2.39. The van der Waals surface area contributed by atoms with Gasteiger partial charge in [-0.15, -0.1) is 10.2 Å². The van der Waals surface area contributed by atoms with Crippen LogP contribution >= 0.6 is 11.3 Å². The van der Waals surface area contributed by atoms with Gasteiger partial charge in [0.15, 0.2) is 15.8 Å². The summed E-state index contributed by atoms with van der Waals surface area (Å²) in [5.41, 5.74) is 0.519. The number of carbonyl (C=O) groups is 1. The SMILES string of the molecule is CC1(NS(=O)(=O)c2cc(N3CCN4C(=O)CCC4C3)c3cnc(-c4nnc(C(F)F)s4)n3c2)COC1. The zero-order chi connectivity index (χ0) is 25.2. The Balaban J connectivity index is 1.46. The van der Waals surface area contributed by atoms with E-state index >= 15 is 0 Å². The quantitative estimate of drug-likeness (QED) is 0.502. The van der Waals surface area contributed by atoms with E-state index in [1.165, 1.54) is 6.20 Å². The number of hydrogen-bond donors (Lipinski definition) is 1. The lowest BCUT2D eigenvalue weighted by Crippen LogP contribution is -2.59. The third-order valence-corrected chi connectivity index (χ3v) is 9.31. The Kier molecular flexibility index (Phi) is 5.51. The van der Waals surface area contributed by atoms with Crippen molar-refractivity contribution in [2.24, 2.45) is 0 Å². The van der Waals surface area contributed by atoms with Crippen LogP contribution in [-0.2, 0) is 19.6 Å². The molecule has 1 unspecified atom stereocenters. The first-order valence-corrected chi connectivity index (χ1v) is 13.7. The van der Waals surface area contributed by atoms with Crippen molar-refractivity contribution in [3.05, 3.63) is 23.5 Å². The first kappa shape index (κ1) is 23.6. The number of aromatic nitrogens is 4. The van der Waals surface area contributed by atoms with Gasteiger partial charge in [0, 0.05) is 38.3 Å². The van der Waals surface area contributed by atoms with Gasteiger partial charge in [-0.3, -0.25) is 9.20 Å². The van der Waals surface area contributed by atoms with E-state index in [0.717, 1.165) is 6.42 Å². The minimum atomic E-state index is -3.97. The molecule has 11 nitrogen and oxygen atoms in total. The van der Waals surface area contributed by atoms with Crippen LogP contribution in [0.5, 0.6) is 0 Å². The van der Waals surface area contributed by atoms with Gasteiger partial charge in [0.05, 0.1) is 36.2 Å². The second-order valence-electron chi connectivity index (χ2n) is 9.53. The molecule has 1 amide bonds. The second kappa shape index (κ2) is 8.39. The third kappa shape index (κ3) is 3.93. The molecule has 1 atom stereocenters. The Hall–Kier alpha value is -2.75. The predicted molar refractivity (Wildman–Crippen MR) is 126 cm³/mol. The summed E-state index contributed by atoms with van der Waals surface area (Å²) in [7, 11) is -3.97. The molecule has 6 heterocycles. The number of pyridine rings is 1. The van der Waals surface area contributed by atoms with Crippen LogP contribution in [0, 0.1) is 0 Å². The molecule has 3 aliphatic heterocycles. The fraction of sp³-hybridized carbons (Fsp3) is 0.524. The van der Waals surface area contributed by atoms with Gasteiger partial charge >= 0.3 is 0 Å². The van der Waals surface area contributed by atoms with E-state index in [4.69, 9.17) is 4.74 Å². The van der Waals surface area contributed by atoms with Crippen molar-refractivity contribution >= 4 is 38.5 Å². The molecular weight excluding hydrogens is 516 g/mol. The average molecular weight is 540 g/mol. The molecule has 3 aromatic rings. The second-order valence-corrected chi connectivity index (χ2v) is 12.2. The van der Waals surface area contributed by atoms with E-state index in [1.807, 2.05) is 4.90 Å². The molecule has 0 aromatic carbocycles. The summed E-state index contributed by atoms with van der Waals surface area (Å²) in [6.45, 7) is 3.90. The zero-order valence-corrected chi connectivity index (χ0v) is 20.9. The van der Waals surface area contributed by atoms with Crippen LogP contribution in [0.3, 0.4) is 0 Å². The molecule has 15 heteroatoms. The van der Waals surface area contributed by atoms with E-state index in [-0.39, 0.29) is 40.9 Å². The number of anilines is 1. The predicted octanol–water partition coefficient (Wildman–Crippen LogP) is 1.67. The Morgan fingerprint density at radius 3 is 2.78 bits per heavy atom.